The third kappa shape index (κ3) is 9.42. The van der Waals surface area contributed by atoms with Gasteiger partial charge in [0.1, 0.15) is 0 Å². The Labute approximate surface area is 545 Å². The van der Waals surface area contributed by atoms with Crippen molar-refractivity contribution in [3.63, 3.8) is 0 Å². The first-order chi connectivity index (χ1) is 46.6. The first kappa shape index (κ1) is 54.6. The van der Waals surface area contributed by atoms with Gasteiger partial charge in [-0.2, -0.15) is 0 Å². The van der Waals surface area contributed by atoms with E-state index in [-0.39, 0.29) is 0 Å². The molecule has 0 bridgehead atoms. The van der Waals surface area contributed by atoms with Crippen LogP contribution >= 0.6 is 0 Å². The zero-order valence-electron chi connectivity index (χ0n) is 51.5. The van der Waals surface area contributed by atoms with E-state index in [4.69, 9.17) is 0 Å². The molecule has 2 heterocycles. The summed E-state index contributed by atoms with van der Waals surface area (Å²) in [4.78, 5) is 0. The van der Waals surface area contributed by atoms with Crippen molar-refractivity contribution in [2.45, 2.75) is 0 Å². The second-order valence-corrected chi connectivity index (χ2v) is 24.7. The maximum Gasteiger partial charge on any atom is 0.0541 e. The molecule has 0 fully saturated rings. The Balaban J connectivity index is 0.000000138. The molecule has 0 amide bonds. The number of rotatable bonds is 8. The number of hydrogen-bond donors (Lipinski definition) is 0. The van der Waals surface area contributed by atoms with Crippen LogP contribution in [0.5, 0.6) is 0 Å². The van der Waals surface area contributed by atoms with Crippen LogP contribution in [-0.4, -0.2) is 9.13 Å². The van der Waals surface area contributed by atoms with Gasteiger partial charge in [-0.15, -0.1) is 0 Å². The largest absolute Gasteiger partial charge is 0.309 e. The molecule has 0 radical (unpaired) electrons. The molecular formula is C92H60N2. The molecule has 0 aliphatic heterocycles. The Bertz CT molecular complexity index is 6130. The average molecular weight is 1190 g/mol. The fraction of sp³-hybridized carbons (Fsp3) is 0. The standard InChI is InChI=1S/C48H31N.C44H29N/c1-3-13-39-33(10-1)12-9-18-40(39)34-22-20-32(21-23-34)36-26-29-48-46(30-36)44-17-7-8-19-47(44)49(48)38-27-24-35(25-28-38)45-31-37-11-2-4-14-41(37)42-15-5-6-16-43(42)45;1-3-16-37-31(10-1)12-8-19-39(37)33-24-22-30(23-25-33)34-26-27-44-42(29-34)41-18-5-6-21-43(41)45(44)36-15-7-14-35(28-36)40-20-9-13-32-11-2-4-17-38(32)40/h1-31H;1-29H. The Hall–Kier alpha value is -12.4. The van der Waals surface area contributed by atoms with Gasteiger partial charge in [-0.3, -0.25) is 0 Å². The number of nitrogens with zero attached hydrogens (tertiary/aromatic N) is 2. The summed E-state index contributed by atoms with van der Waals surface area (Å²) >= 11 is 0. The van der Waals surface area contributed by atoms with Gasteiger partial charge in [0.05, 0.1) is 22.1 Å². The normalized spacial score (nSPS) is 11.6. The second-order valence-electron chi connectivity index (χ2n) is 24.7. The topological polar surface area (TPSA) is 9.86 Å². The summed E-state index contributed by atoms with van der Waals surface area (Å²) in [6, 6.07) is 133. The van der Waals surface area contributed by atoms with Gasteiger partial charge < -0.3 is 9.13 Å². The monoisotopic (exact) mass is 1190 g/mol. The van der Waals surface area contributed by atoms with Crippen molar-refractivity contribution in [3.05, 3.63) is 364 Å². The van der Waals surface area contributed by atoms with E-state index in [0.29, 0.717) is 0 Å². The van der Waals surface area contributed by atoms with Gasteiger partial charge in [-0.1, -0.05) is 297 Å². The summed E-state index contributed by atoms with van der Waals surface area (Å²) in [7, 11) is 0. The summed E-state index contributed by atoms with van der Waals surface area (Å²) in [5.41, 5.74) is 22.0. The highest BCUT2D eigenvalue weighted by atomic mass is 15.0. The summed E-state index contributed by atoms with van der Waals surface area (Å²) < 4.78 is 4.81. The smallest absolute Gasteiger partial charge is 0.0541 e. The van der Waals surface area contributed by atoms with E-state index in [1.807, 2.05) is 0 Å². The molecule has 0 saturated heterocycles. The molecule has 0 unspecified atom stereocenters. The minimum absolute atomic E-state index is 1.16. The van der Waals surface area contributed by atoms with E-state index in [1.165, 1.54) is 170 Å². The number of para-hydroxylation sites is 2. The molecule has 0 atom stereocenters. The summed E-state index contributed by atoms with van der Waals surface area (Å²) in [6.07, 6.45) is 0. The number of fused-ring (bicyclic) bond motifs is 12. The van der Waals surface area contributed by atoms with Crippen LogP contribution in [-0.2, 0) is 0 Å². The van der Waals surface area contributed by atoms with E-state index in [1.54, 1.807) is 0 Å². The number of aromatic nitrogens is 2. The Kier molecular flexibility index (Phi) is 13.3. The van der Waals surface area contributed by atoms with Crippen LogP contribution in [0.2, 0.25) is 0 Å². The van der Waals surface area contributed by atoms with Gasteiger partial charge in [-0.05, 0) is 187 Å². The van der Waals surface area contributed by atoms with Gasteiger partial charge in [0.2, 0.25) is 0 Å². The van der Waals surface area contributed by atoms with Crippen molar-refractivity contribution in [1.29, 1.82) is 0 Å². The van der Waals surface area contributed by atoms with Crippen LogP contribution in [0.3, 0.4) is 0 Å². The van der Waals surface area contributed by atoms with Crippen LogP contribution < -0.4 is 0 Å². The molecule has 0 saturated carbocycles. The highest BCUT2D eigenvalue weighted by Gasteiger charge is 2.18. The highest BCUT2D eigenvalue weighted by molar-refractivity contribution is 6.15. The van der Waals surface area contributed by atoms with Gasteiger partial charge in [0.25, 0.3) is 0 Å². The Morgan fingerprint density at radius 3 is 0.989 bits per heavy atom. The predicted molar refractivity (Wildman–Crippen MR) is 402 cm³/mol. The van der Waals surface area contributed by atoms with Crippen LogP contribution in [0.15, 0.2) is 364 Å². The lowest BCUT2D eigenvalue weighted by molar-refractivity contribution is 1.18. The molecule has 17 aromatic carbocycles. The molecule has 2 nitrogen and oxygen atoms in total. The second kappa shape index (κ2) is 22.8. The van der Waals surface area contributed by atoms with Crippen molar-refractivity contribution >= 4 is 97.5 Å². The van der Waals surface area contributed by atoms with Crippen LogP contribution in [0, 0.1) is 0 Å². The molecule has 2 heteroatoms. The number of benzene rings is 17. The molecule has 0 N–H and O–H groups in total. The van der Waals surface area contributed by atoms with E-state index < -0.39 is 0 Å². The van der Waals surface area contributed by atoms with E-state index >= 15 is 0 Å². The maximum atomic E-state index is 2.41. The molecule has 0 aliphatic rings. The number of hydrogen-bond acceptors (Lipinski definition) is 0. The van der Waals surface area contributed by atoms with Crippen molar-refractivity contribution < 1.29 is 0 Å². The molecule has 19 aromatic rings. The van der Waals surface area contributed by atoms with Crippen molar-refractivity contribution in [2.24, 2.45) is 0 Å². The molecule has 438 valence electrons. The first-order valence-corrected chi connectivity index (χ1v) is 32.5. The van der Waals surface area contributed by atoms with Crippen molar-refractivity contribution in [1.82, 2.24) is 9.13 Å². The first-order valence-electron chi connectivity index (χ1n) is 32.5. The molecule has 0 aliphatic carbocycles. The van der Waals surface area contributed by atoms with Gasteiger partial charge in [0.15, 0.2) is 0 Å². The Morgan fingerprint density at radius 1 is 0.138 bits per heavy atom. The minimum atomic E-state index is 1.16. The highest BCUT2D eigenvalue weighted by Crippen LogP contribution is 2.42. The summed E-state index contributed by atoms with van der Waals surface area (Å²) in [5, 5.41) is 17.8. The quantitative estimate of drug-likeness (QED) is 0.134. The lowest BCUT2D eigenvalue weighted by Gasteiger charge is -2.13. The predicted octanol–water partition coefficient (Wildman–Crippen LogP) is 25.3. The summed E-state index contributed by atoms with van der Waals surface area (Å²) in [5.74, 6) is 0. The van der Waals surface area contributed by atoms with Crippen LogP contribution in [0.4, 0.5) is 0 Å². The summed E-state index contributed by atoms with van der Waals surface area (Å²) in [6.45, 7) is 0. The van der Waals surface area contributed by atoms with E-state index in [9.17, 15) is 0 Å². The zero-order valence-corrected chi connectivity index (χ0v) is 51.5. The van der Waals surface area contributed by atoms with E-state index in [2.05, 4.69) is 373 Å². The molecule has 2 aromatic heterocycles. The van der Waals surface area contributed by atoms with Crippen LogP contribution in [0.1, 0.15) is 0 Å². The molecular weight excluding hydrogens is 1130 g/mol. The lowest BCUT2D eigenvalue weighted by Crippen LogP contribution is -1.94. The molecule has 94 heavy (non-hydrogen) atoms. The van der Waals surface area contributed by atoms with Gasteiger partial charge >= 0.3 is 0 Å². The molecule has 0 spiro atoms. The van der Waals surface area contributed by atoms with Crippen LogP contribution in [0.25, 0.3) is 176 Å². The lowest BCUT2D eigenvalue weighted by atomic mass is 9.93. The maximum absolute atomic E-state index is 2.41. The van der Waals surface area contributed by atoms with E-state index in [0.717, 1.165) is 5.69 Å². The van der Waals surface area contributed by atoms with Crippen molar-refractivity contribution in [2.75, 3.05) is 0 Å². The zero-order chi connectivity index (χ0) is 62.1. The SMILES string of the molecule is c1cc(-c2cccc3ccccc23)cc(-n2c3ccccc3c3cc(-c4ccc(-c5cccc6ccccc56)cc4)ccc32)c1.c1ccc2c(-c3ccc(-c4ccc5c(c4)c4ccccc4n5-c4ccc(-c5cc6ccccc6c6ccccc56)cc4)cc3)cccc2c1. The third-order valence-electron chi connectivity index (χ3n) is 19.4. The Morgan fingerprint density at radius 2 is 0.479 bits per heavy atom. The molecule has 19 rings (SSSR count). The van der Waals surface area contributed by atoms with Gasteiger partial charge in [0, 0.05) is 32.9 Å². The minimum Gasteiger partial charge on any atom is -0.309 e. The average Bonchev–Trinajstić information content (AvgIpc) is 1.56. The fourth-order valence-electron chi connectivity index (χ4n) is 14.9. The van der Waals surface area contributed by atoms with Crippen molar-refractivity contribution in [3.8, 4) is 78.1 Å². The third-order valence-corrected chi connectivity index (χ3v) is 19.4. The van der Waals surface area contributed by atoms with Gasteiger partial charge in [-0.25, -0.2) is 0 Å². The fourth-order valence-corrected chi connectivity index (χ4v) is 14.9.